The Kier molecular flexibility index (Phi) is 7.62. The van der Waals surface area contributed by atoms with Crippen LogP contribution in [0.15, 0.2) is 24.3 Å². The predicted octanol–water partition coefficient (Wildman–Crippen LogP) is 2.55. The van der Waals surface area contributed by atoms with Gasteiger partial charge in [-0.3, -0.25) is 4.79 Å². The molecule has 1 aromatic carbocycles. The van der Waals surface area contributed by atoms with Crippen LogP contribution in [0.3, 0.4) is 0 Å². The van der Waals surface area contributed by atoms with Gasteiger partial charge in [0.1, 0.15) is 5.82 Å². The molecule has 1 aromatic rings. The molecular weight excluding hydrogens is 275 g/mol. The number of hydrogen-bond acceptors (Lipinski definition) is 3. The summed E-state index contributed by atoms with van der Waals surface area (Å²) in [6.07, 6.45) is 0.886. The Bertz CT molecular complexity index is 428. The van der Waals surface area contributed by atoms with Crippen LogP contribution in [-0.2, 0) is 10.5 Å². The number of carbonyl (C=O) groups excluding carboxylic acids is 1. The zero-order chi connectivity index (χ0) is 15.0. The van der Waals surface area contributed by atoms with E-state index < -0.39 is 6.04 Å². The maximum atomic E-state index is 13.4. The predicted molar refractivity (Wildman–Crippen MR) is 83.0 cm³/mol. The Morgan fingerprint density at radius 2 is 2.15 bits per heavy atom. The van der Waals surface area contributed by atoms with Gasteiger partial charge >= 0.3 is 0 Å². The minimum atomic E-state index is -0.448. The van der Waals surface area contributed by atoms with Gasteiger partial charge in [-0.2, -0.15) is 11.8 Å². The molecule has 20 heavy (non-hydrogen) atoms. The van der Waals surface area contributed by atoms with Crippen LogP contribution in [0, 0.1) is 11.7 Å². The van der Waals surface area contributed by atoms with Crippen molar-refractivity contribution in [3.63, 3.8) is 0 Å². The topological polar surface area (TPSA) is 55.1 Å². The Balaban J connectivity index is 2.19. The Morgan fingerprint density at radius 3 is 2.80 bits per heavy atom. The minimum absolute atomic E-state index is 0.106. The summed E-state index contributed by atoms with van der Waals surface area (Å²) in [5.74, 6) is 1.25. The molecule has 3 nitrogen and oxygen atoms in total. The summed E-state index contributed by atoms with van der Waals surface area (Å²) < 4.78 is 13.4. The third kappa shape index (κ3) is 5.51. The maximum Gasteiger partial charge on any atom is 0.237 e. The molecule has 0 fully saturated rings. The Labute approximate surface area is 124 Å². The third-order valence-corrected chi connectivity index (χ3v) is 4.33. The Hall–Kier alpha value is -1.07. The number of amides is 1. The lowest BCUT2D eigenvalue weighted by atomic mass is 9.99. The number of hydrogen-bond donors (Lipinski definition) is 2. The first-order valence-corrected chi connectivity index (χ1v) is 8.06. The molecule has 0 spiro atoms. The molecule has 3 N–H and O–H groups in total. The average Bonchev–Trinajstić information content (AvgIpc) is 2.46. The van der Waals surface area contributed by atoms with Crippen molar-refractivity contribution in [1.82, 2.24) is 5.32 Å². The second-order valence-electron chi connectivity index (χ2n) is 4.85. The molecule has 0 heterocycles. The quantitative estimate of drug-likeness (QED) is 0.725. The van der Waals surface area contributed by atoms with Crippen molar-refractivity contribution < 1.29 is 9.18 Å². The van der Waals surface area contributed by atoms with Crippen molar-refractivity contribution in [2.45, 2.75) is 32.1 Å². The van der Waals surface area contributed by atoms with Crippen molar-refractivity contribution in [2.24, 2.45) is 11.7 Å². The molecule has 0 radical (unpaired) electrons. The van der Waals surface area contributed by atoms with Crippen LogP contribution < -0.4 is 11.1 Å². The summed E-state index contributed by atoms with van der Waals surface area (Å²) in [5.41, 5.74) is 6.52. The van der Waals surface area contributed by atoms with Gasteiger partial charge in [0.25, 0.3) is 0 Å². The van der Waals surface area contributed by atoms with E-state index in [1.807, 2.05) is 19.9 Å². The number of nitrogens with one attached hydrogen (secondary N) is 1. The number of thioether (sulfide) groups is 1. The zero-order valence-electron chi connectivity index (χ0n) is 12.1. The molecule has 112 valence electrons. The highest BCUT2D eigenvalue weighted by molar-refractivity contribution is 7.98. The van der Waals surface area contributed by atoms with Gasteiger partial charge in [-0.15, -0.1) is 0 Å². The summed E-state index contributed by atoms with van der Waals surface area (Å²) in [5, 5.41) is 2.82. The SMILES string of the molecule is CCC(C)C(N)C(=O)NCCSCc1ccccc1F. The van der Waals surface area contributed by atoms with Gasteiger partial charge in [0, 0.05) is 18.1 Å². The van der Waals surface area contributed by atoms with Gasteiger partial charge in [-0.1, -0.05) is 38.5 Å². The number of rotatable bonds is 8. The molecule has 2 unspecified atom stereocenters. The summed E-state index contributed by atoms with van der Waals surface area (Å²) in [6.45, 7) is 4.54. The lowest BCUT2D eigenvalue weighted by Gasteiger charge is -2.17. The van der Waals surface area contributed by atoms with E-state index in [1.54, 1.807) is 23.9 Å². The molecule has 5 heteroatoms. The first kappa shape index (κ1) is 17.0. The largest absolute Gasteiger partial charge is 0.354 e. The Morgan fingerprint density at radius 1 is 1.45 bits per heavy atom. The van der Waals surface area contributed by atoms with Crippen LogP contribution in [0.2, 0.25) is 0 Å². The fraction of sp³-hybridized carbons (Fsp3) is 0.533. The van der Waals surface area contributed by atoms with E-state index in [9.17, 15) is 9.18 Å². The molecule has 0 aliphatic heterocycles. The second kappa shape index (κ2) is 8.97. The average molecular weight is 298 g/mol. The highest BCUT2D eigenvalue weighted by atomic mass is 32.2. The summed E-state index contributed by atoms with van der Waals surface area (Å²) in [6, 6.07) is 6.30. The second-order valence-corrected chi connectivity index (χ2v) is 5.95. The molecular formula is C15H23FN2OS. The van der Waals surface area contributed by atoms with Crippen molar-refractivity contribution in [2.75, 3.05) is 12.3 Å². The van der Waals surface area contributed by atoms with Crippen LogP contribution in [0.5, 0.6) is 0 Å². The minimum Gasteiger partial charge on any atom is -0.354 e. The van der Waals surface area contributed by atoms with Crippen molar-refractivity contribution >= 4 is 17.7 Å². The van der Waals surface area contributed by atoms with Crippen LogP contribution in [-0.4, -0.2) is 24.2 Å². The summed E-state index contributed by atoms with van der Waals surface area (Å²) in [7, 11) is 0. The normalized spacial score (nSPS) is 13.8. The summed E-state index contributed by atoms with van der Waals surface area (Å²) in [4.78, 5) is 11.7. The molecule has 0 saturated carbocycles. The van der Waals surface area contributed by atoms with Crippen LogP contribution in [0.1, 0.15) is 25.8 Å². The molecule has 0 bridgehead atoms. The molecule has 0 aliphatic carbocycles. The lowest BCUT2D eigenvalue weighted by Crippen LogP contribution is -2.45. The zero-order valence-corrected chi connectivity index (χ0v) is 12.9. The van der Waals surface area contributed by atoms with Crippen molar-refractivity contribution in [1.29, 1.82) is 0 Å². The highest BCUT2D eigenvalue weighted by Crippen LogP contribution is 2.14. The number of nitrogens with two attached hydrogens (primary N) is 1. The van der Waals surface area contributed by atoms with E-state index in [2.05, 4.69) is 5.32 Å². The third-order valence-electron chi connectivity index (χ3n) is 3.32. The fourth-order valence-corrected chi connectivity index (χ4v) is 2.52. The lowest BCUT2D eigenvalue weighted by molar-refractivity contribution is -0.123. The number of carbonyl (C=O) groups is 1. The number of halogens is 1. The highest BCUT2D eigenvalue weighted by Gasteiger charge is 2.18. The van der Waals surface area contributed by atoms with Crippen LogP contribution in [0.4, 0.5) is 4.39 Å². The van der Waals surface area contributed by atoms with Gasteiger partial charge in [-0.05, 0) is 17.5 Å². The molecule has 1 amide bonds. The van der Waals surface area contributed by atoms with Crippen LogP contribution >= 0.6 is 11.8 Å². The van der Waals surface area contributed by atoms with Gasteiger partial charge in [0.15, 0.2) is 0 Å². The smallest absolute Gasteiger partial charge is 0.237 e. The number of benzene rings is 1. The van der Waals surface area contributed by atoms with Gasteiger partial charge in [0.05, 0.1) is 6.04 Å². The van der Waals surface area contributed by atoms with E-state index in [4.69, 9.17) is 5.73 Å². The van der Waals surface area contributed by atoms with Crippen LogP contribution in [0.25, 0.3) is 0 Å². The molecule has 0 saturated heterocycles. The van der Waals surface area contributed by atoms with E-state index in [0.717, 1.165) is 12.2 Å². The monoisotopic (exact) mass is 298 g/mol. The first-order chi connectivity index (χ1) is 9.56. The maximum absolute atomic E-state index is 13.4. The fourth-order valence-electron chi connectivity index (χ4n) is 1.67. The molecule has 2 atom stereocenters. The van der Waals surface area contributed by atoms with E-state index >= 15 is 0 Å². The molecule has 1 rings (SSSR count). The van der Waals surface area contributed by atoms with Gasteiger partial charge in [0.2, 0.25) is 5.91 Å². The van der Waals surface area contributed by atoms with Crippen molar-refractivity contribution in [3.8, 4) is 0 Å². The molecule has 0 aromatic heterocycles. The van der Waals surface area contributed by atoms with E-state index in [1.165, 1.54) is 6.07 Å². The standard InChI is InChI=1S/C15H23FN2OS/c1-3-11(2)14(17)15(19)18-8-9-20-10-12-6-4-5-7-13(12)16/h4-7,11,14H,3,8-10,17H2,1-2H3,(H,18,19). The molecule has 0 aliphatic rings. The van der Waals surface area contributed by atoms with Gasteiger partial charge < -0.3 is 11.1 Å². The first-order valence-electron chi connectivity index (χ1n) is 6.90. The van der Waals surface area contributed by atoms with Gasteiger partial charge in [-0.25, -0.2) is 4.39 Å². The van der Waals surface area contributed by atoms with E-state index in [0.29, 0.717) is 17.9 Å². The van der Waals surface area contributed by atoms with Crippen molar-refractivity contribution in [3.05, 3.63) is 35.6 Å². The summed E-state index contributed by atoms with van der Waals surface area (Å²) >= 11 is 1.59. The van der Waals surface area contributed by atoms with E-state index in [-0.39, 0.29) is 17.6 Å².